The quantitative estimate of drug-likeness (QED) is 0.394. The predicted molar refractivity (Wildman–Crippen MR) is 112 cm³/mol. The Morgan fingerprint density at radius 1 is 1.07 bits per heavy atom. The average molecular weight is 489 g/mol. The van der Waals surface area contributed by atoms with E-state index in [1.165, 1.54) is 0 Å². The number of nitrogens with zero attached hydrogens (tertiary/aromatic N) is 2. The number of amides is 1. The molecule has 0 saturated heterocycles. The van der Waals surface area contributed by atoms with Crippen LogP contribution in [0.1, 0.15) is 21.5 Å². The Bertz CT molecular complexity index is 945. The van der Waals surface area contributed by atoms with Crippen LogP contribution in [0.5, 0.6) is 5.75 Å². The topological polar surface area (TPSA) is 63.6 Å². The number of carbonyl (C=O) groups is 1. The number of nitrogens with one attached hydrogen (secondary N) is 1. The molecule has 5 nitrogen and oxygen atoms in total. The third kappa shape index (κ3) is 5.74. The molecule has 0 bridgehead atoms. The number of pyridine rings is 1. The fraction of sp³-hybridized carbons (Fsp3) is 0.0500. The molecule has 3 rings (SSSR count). The molecular formula is C20H15Br2N3O2. The van der Waals surface area contributed by atoms with Crippen LogP contribution in [0.3, 0.4) is 0 Å². The van der Waals surface area contributed by atoms with Gasteiger partial charge in [-0.25, -0.2) is 5.43 Å². The van der Waals surface area contributed by atoms with Gasteiger partial charge in [-0.1, -0.05) is 28.1 Å². The summed E-state index contributed by atoms with van der Waals surface area (Å²) < 4.78 is 7.68. The molecule has 0 aliphatic carbocycles. The Hall–Kier alpha value is -2.51. The highest BCUT2D eigenvalue weighted by Crippen LogP contribution is 2.26. The second-order valence-corrected chi connectivity index (χ2v) is 7.31. The second-order valence-electron chi connectivity index (χ2n) is 5.54. The fourth-order valence-electron chi connectivity index (χ4n) is 2.19. The molecule has 1 aromatic heterocycles. The van der Waals surface area contributed by atoms with Crippen molar-refractivity contribution in [2.45, 2.75) is 6.61 Å². The molecular weight excluding hydrogens is 474 g/mol. The van der Waals surface area contributed by atoms with Crippen molar-refractivity contribution < 1.29 is 9.53 Å². The van der Waals surface area contributed by atoms with Gasteiger partial charge in [0.2, 0.25) is 0 Å². The van der Waals surface area contributed by atoms with E-state index < -0.39 is 0 Å². The molecule has 0 unspecified atom stereocenters. The molecule has 1 N–H and O–H groups in total. The molecule has 0 fully saturated rings. The van der Waals surface area contributed by atoms with E-state index in [0.29, 0.717) is 12.2 Å². The molecule has 2 aromatic carbocycles. The van der Waals surface area contributed by atoms with E-state index in [9.17, 15) is 4.79 Å². The Morgan fingerprint density at radius 3 is 2.52 bits per heavy atom. The van der Waals surface area contributed by atoms with Gasteiger partial charge in [-0.05, 0) is 69.5 Å². The predicted octanol–water partition coefficient (Wildman–Crippen LogP) is 4.95. The lowest BCUT2D eigenvalue weighted by atomic mass is 10.2. The molecule has 0 aliphatic heterocycles. The lowest BCUT2D eigenvalue weighted by Gasteiger charge is -2.09. The van der Waals surface area contributed by atoms with Crippen LogP contribution >= 0.6 is 31.9 Å². The van der Waals surface area contributed by atoms with Crippen molar-refractivity contribution in [3.63, 3.8) is 0 Å². The standard InChI is InChI=1S/C20H15Br2N3O2/c21-17-4-1-14(2-5-17)13-27-19-6-3-15(11-18(19)22)12-24-25-20(26)16-7-9-23-10-8-16/h1-12H,13H2,(H,25,26)/b24-12-. The maximum atomic E-state index is 11.9. The first-order valence-corrected chi connectivity index (χ1v) is 9.60. The van der Waals surface area contributed by atoms with Crippen molar-refractivity contribution in [1.82, 2.24) is 10.4 Å². The van der Waals surface area contributed by atoms with Crippen molar-refractivity contribution in [3.05, 3.63) is 92.6 Å². The van der Waals surface area contributed by atoms with Crippen molar-refractivity contribution in [3.8, 4) is 5.75 Å². The van der Waals surface area contributed by atoms with E-state index in [-0.39, 0.29) is 5.91 Å². The van der Waals surface area contributed by atoms with Crippen LogP contribution in [0.4, 0.5) is 0 Å². The van der Waals surface area contributed by atoms with Crippen LogP contribution in [0.25, 0.3) is 0 Å². The van der Waals surface area contributed by atoms with Crippen LogP contribution in [0, 0.1) is 0 Å². The van der Waals surface area contributed by atoms with Crippen LogP contribution < -0.4 is 10.2 Å². The first-order valence-electron chi connectivity index (χ1n) is 8.02. The minimum Gasteiger partial charge on any atom is -0.488 e. The highest BCUT2D eigenvalue weighted by Gasteiger charge is 2.04. The summed E-state index contributed by atoms with van der Waals surface area (Å²) in [5.74, 6) is 0.443. The zero-order valence-corrected chi connectivity index (χ0v) is 17.3. The van der Waals surface area contributed by atoms with Gasteiger partial charge >= 0.3 is 0 Å². The molecule has 27 heavy (non-hydrogen) atoms. The maximum Gasteiger partial charge on any atom is 0.271 e. The van der Waals surface area contributed by atoms with Crippen molar-refractivity contribution >= 4 is 44.0 Å². The third-order valence-electron chi connectivity index (χ3n) is 3.59. The Balaban J connectivity index is 1.57. The number of carbonyl (C=O) groups excluding carboxylic acids is 1. The van der Waals surface area contributed by atoms with Gasteiger partial charge in [-0.15, -0.1) is 0 Å². The maximum absolute atomic E-state index is 11.9. The molecule has 1 heterocycles. The number of rotatable bonds is 6. The molecule has 1 amide bonds. The molecule has 7 heteroatoms. The van der Waals surface area contributed by atoms with E-state index in [0.717, 1.165) is 25.8 Å². The van der Waals surface area contributed by atoms with E-state index in [4.69, 9.17) is 4.74 Å². The van der Waals surface area contributed by atoms with Gasteiger partial charge in [0.15, 0.2) is 0 Å². The van der Waals surface area contributed by atoms with Gasteiger partial charge in [0.25, 0.3) is 5.91 Å². The summed E-state index contributed by atoms with van der Waals surface area (Å²) >= 11 is 6.92. The zero-order valence-electron chi connectivity index (χ0n) is 14.1. The monoisotopic (exact) mass is 487 g/mol. The van der Waals surface area contributed by atoms with Crippen LogP contribution in [-0.4, -0.2) is 17.1 Å². The minimum absolute atomic E-state index is 0.290. The lowest BCUT2D eigenvalue weighted by molar-refractivity contribution is 0.0955. The Labute approximate surface area is 173 Å². The minimum atomic E-state index is -0.290. The molecule has 0 aliphatic rings. The normalized spacial score (nSPS) is 10.7. The number of benzene rings is 2. The number of halogens is 2. The van der Waals surface area contributed by atoms with E-state index in [1.807, 2.05) is 42.5 Å². The van der Waals surface area contributed by atoms with Crippen LogP contribution in [0.15, 0.2) is 81.0 Å². The number of hydrogen-bond acceptors (Lipinski definition) is 4. The molecule has 0 atom stereocenters. The summed E-state index contributed by atoms with van der Waals surface area (Å²) in [5.41, 5.74) is 4.89. The number of aromatic nitrogens is 1. The Morgan fingerprint density at radius 2 is 1.81 bits per heavy atom. The summed E-state index contributed by atoms with van der Waals surface area (Å²) in [6.45, 7) is 0.474. The lowest BCUT2D eigenvalue weighted by Crippen LogP contribution is -2.17. The Kier molecular flexibility index (Phi) is 6.73. The van der Waals surface area contributed by atoms with E-state index >= 15 is 0 Å². The summed E-state index contributed by atoms with van der Waals surface area (Å²) in [6, 6.07) is 16.8. The van der Waals surface area contributed by atoms with Gasteiger partial charge in [-0.3, -0.25) is 9.78 Å². The van der Waals surface area contributed by atoms with Crippen LogP contribution in [-0.2, 0) is 6.61 Å². The number of hydrogen-bond donors (Lipinski definition) is 1. The molecule has 3 aromatic rings. The van der Waals surface area contributed by atoms with Gasteiger partial charge in [0, 0.05) is 22.4 Å². The number of hydrazone groups is 1. The van der Waals surface area contributed by atoms with Gasteiger partial charge in [-0.2, -0.15) is 5.10 Å². The summed E-state index contributed by atoms with van der Waals surface area (Å²) in [4.78, 5) is 15.8. The van der Waals surface area contributed by atoms with Gasteiger partial charge in [0.1, 0.15) is 12.4 Å². The second kappa shape index (κ2) is 9.43. The van der Waals surface area contributed by atoms with E-state index in [2.05, 4.69) is 47.4 Å². The third-order valence-corrected chi connectivity index (χ3v) is 4.73. The zero-order chi connectivity index (χ0) is 19.1. The molecule has 0 radical (unpaired) electrons. The molecule has 136 valence electrons. The first-order chi connectivity index (χ1) is 13.1. The summed E-state index contributed by atoms with van der Waals surface area (Å²) in [5, 5.41) is 3.98. The van der Waals surface area contributed by atoms with E-state index in [1.54, 1.807) is 30.7 Å². The van der Waals surface area contributed by atoms with Crippen molar-refractivity contribution in [2.75, 3.05) is 0 Å². The van der Waals surface area contributed by atoms with Gasteiger partial charge < -0.3 is 4.74 Å². The van der Waals surface area contributed by atoms with Gasteiger partial charge in [0.05, 0.1) is 10.7 Å². The smallest absolute Gasteiger partial charge is 0.271 e. The first kappa shape index (κ1) is 19.3. The van der Waals surface area contributed by atoms with Crippen LogP contribution in [0.2, 0.25) is 0 Å². The molecule has 0 saturated carbocycles. The summed E-state index contributed by atoms with van der Waals surface area (Å²) in [6.07, 6.45) is 4.69. The number of ether oxygens (including phenoxy) is 1. The van der Waals surface area contributed by atoms with Crippen molar-refractivity contribution in [1.29, 1.82) is 0 Å². The fourth-order valence-corrected chi connectivity index (χ4v) is 2.96. The SMILES string of the molecule is O=C(N/N=C\c1ccc(OCc2ccc(Br)cc2)c(Br)c1)c1ccncc1. The summed E-state index contributed by atoms with van der Waals surface area (Å²) in [7, 11) is 0. The highest BCUT2D eigenvalue weighted by atomic mass is 79.9. The average Bonchev–Trinajstić information content (AvgIpc) is 2.69. The largest absolute Gasteiger partial charge is 0.488 e. The van der Waals surface area contributed by atoms with Crippen molar-refractivity contribution in [2.24, 2.45) is 5.10 Å². The highest BCUT2D eigenvalue weighted by molar-refractivity contribution is 9.10. The molecule has 0 spiro atoms.